The summed E-state index contributed by atoms with van der Waals surface area (Å²) in [7, 11) is -3.28. The van der Waals surface area contributed by atoms with Gasteiger partial charge in [-0.2, -0.15) is 0 Å². The Labute approximate surface area is 163 Å². The van der Waals surface area contributed by atoms with Gasteiger partial charge in [-0.25, -0.2) is 8.42 Å². The van der Waals surface area contributed by atoms with E-state index in [1.807, 2.05) is 0 Å². The topological polar surface area (TPSA) is 83.5 Å². The summed E-state index contributed by atoms with van der Waals surface area (Å²) in [5, 5.41) is 3.27. The Morgan fingerprint density at radius 3 is 2.56 bits per heavy atom. The van der Waals surface area contributed by atoms with E-state index in [1.54, 1.807) is 48.2 Å². The molecule has 0 aromatic heterocycles. The first-order valence-electron chi connectivity index (χ1n) is 8.50. The fraction of sp³-hybridized carbons (Fsp3) is 0.263. The fourth-order valence-electron chi connectivity index (χ4n) is 2.93. The van der Waals surface area contributed by atoms with Gasteiger partial charge in [0.15, 0.2) is 9.84 Å². The lowest BCUT2D eigenvalue weighted by atomic mass is 10.1. The van der Waals surface area contributed by atoms with Gasteiger partial charge >= 0.3 is 0 Å². The molecule has 1 aliphatic heterocycles. The van der Waals surface area contributed by atoms with E-state index in [1.165, 1.54) is 12.1 Å². The molecule has 2 amide bonds. The molecular weight excluding hydrogens is 388 g/mol. The van der Waals surface area contributed by atoms with E-state index in [9.17, 15) is 18.0 Å². The van der Waals surface area contributed by atoms with Crippen LogP contribution < -0.4 is 10.2 Å². The van der Waals surface area contributed by atoms with Crippen LogP contribution in [0.15, 0.2) is 53.4 Å². The molecule has 1 saturated heterocycles. The van der Waals surface area contributed by atoms with Gasteiger partial charge in [-0.3, -0.25) is 9.59 Å². The van der Waals surface area contributed by atoms with Crippen LogP contribution in [0.5, 0.6) is 0 Å². The highest BCUT2D eigenvalue weighted by atomic mass is 35.5. The van der Waals surface area contributed by atoms with E-state index in [0.29, 0.717) is 16.4 Å². The van der Waals surface area contributed by atoms with Crippen molar-refractivity contribution >= 4 is 44.6 Å². The molecule has 1 fully saturated rings. The number of carbonyl (C=O) groups excluding carboxylic acids is 2. The highest BCUT2D eigenvalue weighted by Gasteiger charge is 2.35. The van der Waals surface area contributed by atoms with Crippen molar-refractivity contribution in [3.63, 3.8) is 0 Å². The van der Waals surface area contributed by atoms with E-state index in [0.717, 1.165) is 0 Å². The second-order valence-corrected chi connectivity index (χ2v) is 9.02. The van der Waals surface area contributed by atoms with Crippen LogP contribution in [0.4, 0.5) is 11.4 Å². The SMILES string of the molecule is CCS(=O)(=O)c1ccc(NC(=O)C2CC(=O)N(c3cccc(Cl)c3)C2)cc1. The summed E-state index contributed by atoms with van der Waals surface area (Å²) in [6, 6.07) is 13.0. The first-order valence-corrected chi connectivity index (χ1v) is 10.5. The maximum Gasteiger partial charge on any atom is 0.229 e. The van der Waals surface area contributed by atoms with Gasteiger partial charge in [-0.05, 0) is 42.5 Å². The molecule has 0 aliphatic carbocycles. The normalized spacial score (nSPS) is 17.2. The first-order chi connectivity index (χ1) is 12.8. The van der Waals surface area contributed by atoms with E-state index in [4.69, 9.17) is 11.6 Å². The largest absolute Gasteiger partial charge is 0.326 e. The van der Waals surface area contributed by atoms with Crippen molar-refractivity contribution in [1.82, 2.24) is 0 Å². The molecule has 0 bridgehead atoms. The van der Waals surface area contributed by atoms with Crippen LogP contribution in [-0.2, 0) is 19.4 Å². The van der Waals surface area contributed by atoms with Crippen LogP contribution in [0.3, 0.4) is 0 Å². The Bertz CT molecular complexity index is 973. The molecule has 0 radical (unpaired) electrons. The van der Waals surface area contributed by atoms with Crippen molar-refractivity contribution < 1.29 is 18.0 Å². The van der Waals surface area contributed by atoms with E-state index >= 15 is 0 Å². The van der Waals surface area contributed by atoms with Crippen LogP contribution in [0.1, 0.15) is 13.3 Å². The van der Waals surface area contributed by atoms with E-state index < -0.39 is 15.8 Å². The lowest BCUT2D eigenvalue weighted by molar-refractivity contribution is -0.122. The van der Waals surface area contributed by atoms with Crippen LogP contribution in [-0.4, -0.2) is 32.5 Å². The number of hydrogen-bond acceptors (Lipinski definition) is 4. The van der Waals surface area contributed by atoms with Gasteiger partial charge in [0.25, 0.3) is 0 Å². The number of nitrogens with zero attached hydrogens (tertiary/aromatic N) is 1. The number of anilines is 2. The lowest BCUT2D eigenvalue weighted by Crippen LogP contribution is -2.28. The maximum absolute atomic E-state index is 12.5. The van der Waals surface area contributed by atoms with Gasteiger partial charge in [0.2, 0.25) is 11.8 Å². The zero-order chi connectivity index (χ0) is 19.6. The van der Waals surface area contributed by atoms with Gasteiger partial charge in [-0.1, -0.05) is 24.6 Å². The van der Waals surface area contributed by atoms with Gasteiger partial charge in [0, 0.05) is 29.4 Å². The molecule has 8 heteroatoms. The van der Waals surface area contributed by atoms with Crippen molar-refractivity contribution in [2.75, 3.05) is 22.5 Å². The predicted molar refractivity (Wildman–Crippen MR) is 105 cm³/mol. The Morgan fingerprint density at radius 2 is 1.93 bits per heavy atom. The van der Waals surface area contributed by atoms with Crippen LogP contribution in [0, 0.1) is 5.92 Å². The number of hydrogen-bond donors (Lipinski definition) is 1. The molecule has 6 nitrogen and oxygen atoms in total. The lowest BCUT2D eigenvalue weighted by Gasteiger charge is -2.17. The zero-order valence-corrected chi connectivity index (χ0v) is 16.3. The van der Waals surface area contributed by atoms with Crippen LogP contribution in [0.25, 0.3) is 0 Å². The summed E-state index contributed by atoms with van der Waals surface area (Å²) in [4.78, 5) is 26.5. The standard InChI is InChI=1S/C19H19ClN2O4S/c1-2-27(25,26)17-8-6-15(7-9-17)21-19(24)13-10-18(23)22(12-13)16-5-3-4-14(20)11-16/h3-9,11,13H,2,10,12H2,1H3,(H,21,24). The fourth-order valence-corrected chi connectivity index (χ4v) is 4.00. The van der Waals surface area contributed by atoms with Crippen molar-refractivity contribution in [3.05, 3.63) is 53.6 Å². The highest BCUT2D eigenvalue weighted by Crippen LogP contribution is 2.28. The number of carbonyl (C=O) groups is 2. The molecule has 1 N–H and O–H groups in total. The number of amides is 2. The van der Waals surface area contributed by atoms with Gasteiger partial charge < -0.3 is 10.2 Å². The molecule has 1 heterocycles. The molecule has 0 saturated carbocycles. The summed E-state index contributed by atoms with van der Waals surface area (Å²) in [6.45, 7) is 1.85. The Morgan fingerprint density at radius 1 is 1.22 bits per heavy atom. The second kappa shape index (κ2) is 7.70. The van der Waals surface area contributed by atoms with Gasteiger partial charge in [0.05, 0.1) is 16.6 Å². The van der Waals surface area contributed by atoms with Crippen molar-refractivity contribution in [2.45, 2.75) is 18.2 Å². The van der Waals surface area contributed by atoms with Gasteiger partial charge in [0.1, 0.15) is 0 Å². The minimum Gasteiger partial charge on any atom is -0.326 e. The molecule has 1 atom stereocenters. The minimum atomic E-state index is -3.28. The number of sulfone groups is 1. The predicted octanol–water partition coefficient (Wildman–Crippen LogP) is 3.13. The number of benzene rings is 2. The summed E-state index contributed by atoms with van der Waals surface area (Å²) >= 11 is 5.97. The molecule has 1 unspecified atom stereocenters. The molecule has 0 spiro atoms. The van der Waals surface area contributed by atoms with Crippen molar-refractivity contribution in [3.8, 4) is 0 Å². The molecule has 27 heavy (non-hydrogen) atoms. The smallest absolute Gasteiger partial charge is 0.229 e. The molecule has 3 rings (SSSR count). The monoisotopic (exact) mass is 406 g/mol. The average Bonchev–Trinajstić information content (AvgIpc) is 3.04. The molecular formula is C19H19ClN2O4S. The molecule has 2 aromatic carbocycles. The third kappa shape index (κ3) is 4.31. The minimum absolute atomic E-state index is 0.0161. The molecule has 1 aliphatic rings. The quantitative estimate of drug-likeness (QED) is 0.826. The zero-order valence-electron chi connectivity index (χ0n) is 14.7. The summed E-state index contributed by atoms with van der Waals surface area (Å²) < 4.78 is 23.7. The molecule has 142 valence electrons. The Kier molecular flexibility index (Phi) is 5.53. The Balaban J connectivity index is 1.68. The summed E-state index contributed by atoms with van der Waals surface area (Å²) in [6.07, 6.45) is 0.112. The van der Waals surface area contributed by atoms with Crippen LogP contribution >= 0.6 is 11.6 Å². The summed E-state index contributed by atoms with van der Waals surface area (Å²) in [5.74, 6) is -0.890. The third-order valence-corrected chi connectivity index (χ3v) is 6.46. The third-order valence-electron chi connectivity index (χ3n) is 4.48. The second-order valence-electron chi connectivity index (χ2n) is 6.30. The first kappa shape index (κ1) is 19.4. The van der Waals surface area contributed by atoms with E-state index in [-0.39, 0.29) is 35.4 Å². The number of rotatable bonds is 5. The van der Waals surface area contributed by atoms with E-state index in [2.05, 4.69) is 5.32 Å². The maximum atomic E-state index is 12.5. The highest BCUT2D eigenvalue weighted by molar-refractivity contribution is 7.91. The number of halogens is 1. The Hall–Kier alpha value is -2.38. The van der Waals surface area contributed by atoms with Crippen molar-refractivity contribution in [2.24, 2.45) is 5.92 Å². The summed E-state index contributed by atoms with van der Waals surface area (Å²) in [5.41, 5.74) is 1.15. The van der Waals surface area contributed by atoms with Crippen molar-refractivity contribution in [1.29, 1.82) is 0 Å². The van der Waals surface area contributed by atoms with Crippen LogP contribution in [0.2, 0.25) is 5.02 Å². The van der Waals surface area contributed by atoms with Gasteiger partial charge in [-0.15, -0.1) is 0 Å². The average molecular weight is 407 g/mol. The number of nitrogens with one attached hydrogen (secondary N) is 1. The molecule has 2 aromatic rings.